The first-order valence-corrected chi connectivity index (χ1v) is 9.77. The van der Waals surface area contributed by atoms with Crippen LogP contribution in [0.2, 0.25) is 0 Å². The molecular weight excluding hydrogens is 386 g/mol. The van der Waals surface area contributed by atoms with E-state index in [4.69, 9.17) is 15.2 Å². The van der Waals surface area contributed by atoms with Gasteiger partial charge in [0.1, 0.15) is 11.3 Å². The number of primary amides is 1. The van der Waals surface area contributed by atoms with Gasteiger partial charge in [-0.3, -0.25) is 9.59 Å². The molecule has 1 aliphatic rings. The van der Waals surface area contributed by atoms with Crippen molar-refractivity contribution >= 4 is 29.2 Å². The molecule has 0 aromatic heterocycles. The summed E-state index contributed by atoms with van der Waals surface area (Å²) in [5.41, 5.74) is 7.91. The quantitative estimate of drug-likeness (QED) is 0.645. The van der Waals surface area contributed by atoms with Crippen LogP contribution in [0.15, 0.2) is 42.5 Å². The van der Waals surface area contributed by atoms with Crippen LogP contribution in [0.5, 0.6) is 5.75 Å². The maximum absolute atomic E-state index is 12.3. The number of rotatable bonds is 8. The van der Waals surface area contributed by atoms with Crippen molar-refractivity contribution < 1.29 is 23.9 Å². The Morgan fingerprint density at radius 1 is 1.07 bits per heavy atom. The molecule has 3 rings (SSSR count). The summed E-state index contributed by atoms with van der Waals surface area (Å²) in [5, 5.41) is 2.76. The molecule has 0 atom stereocenters. The number of ether oxygens (including phenoxy) is 2. The number of hydrogen-bond donors (Lipinski definition) is 2. The molecule has 0 unspecified atom stereocenters. The number of nitrogens with one attached hydrogen (secondary N) is 1. The van der Waals surface area contributed by atoms with Crippen LogP contribution >= 0.6 is 0 Å². The summed E-state index contributed by atoms with van der Waals surface area (Å²) < 4.78 is 10.3. The van der Waals surface area contributed by atoms with E-state index < -0.39 is 24.4 Å². The predicted octanol–water partition coefficient (Wildman–Crippen LogP) is 2.25. The fraction of sp³-hybridized carbons (Fsp3) is 0.318. The molecule has 8 heteroatoms. The molecule has 3 N–H and O–H groups in total. The molecule has 8 nitrogen and oxygen atoms in total. The lowest BCUT2D eigenvalue weighted by atomic mass is 10.1. The molecule has 1 heterocycles. The Labute approximate surface area is 174 Å². The van der Waals surface area contributed by atoms with Crippen molar-refractivity contribution in [1.29, 1.82) is 0 Å². The van der Waals surface area contributed by atoms with Gasteiger partial charge < -0.3 is 25.4 Å². The van der Waals surface area contributed by atoms with Gasteiger partial charge in [0.05, 0.1) is 0 Å². The second kappa shape index (κ2) is 9.78. The third-order valence-corrected chi connectivity index (χ3v) is 4.77. The maximum atomic E-state index is 12.3. The van der Waals surface area contributed by atoms with Crippen LogP contribution in [-0.4, -0.2) is 44.1 Å². The normalized spacial score (nSPS) is 13.0. The zero-order chi connectivity index (χ0) is 21.5. The molecule has 1 aliphatic heterocycles. The highest BCUT2D eigenvalue weighted by atomic mass is 16.5. The van der Waals surface area contributed by atoms with Crippen LogP contribution in [-0.2, 0) is 14.3 Å². The third kappa shape index (κ3) is 5.50. The van der Waals surface area contributed by atoms with Crippen molar-refractivity contribution in [3.8, 4) is 5.75 Å². The fourth-order valence-corrected chi connectivity index (χ4v) is 3.27. The highest BCUT2D eigenvalue weighted by Gasteiger charge is 2.17. The van der Waals surface area contributed by atoms with E-state index >= 15 is 0 Å². The van der Waals surface area contributed by atoms with Crippen molar-refractivity contribution in [1.82, 2.24) is 0 Å². The number of amides is 2. The van der Waals surface area contributed by atoms with Gasteiger partial charge in [-0.1, -0.05) is 12.1 Å². The zero-order valence-electron chi connectivity index (χ0n) is 16.8. The highest BCUT2D eigenvalue weighted by molar-refractivity contribution is 5.97. The molecule has 0 radical (unpaired) electrons. The van der Waals surface area contributed by atoms with Crippen molar-refractivity contribution in [3.05, 3.63) is 53.6 Å². The molecular formula is C22H25N3O5. The van der Waals surface area contributed by atoms with E-state index in [-0.39, 0.29) is 17.9 Å². The minimum atomic E-state index is -0.730. The molecule has 30 heavy (non-hydrogen) atoms. The van der Waals surface area contributed by atoms with Crippen LogP contribution in [0.3, 0.4) is 0 Å². The van der Waals surface area contributed by atoms with Gasteiger partial charge >= 0.3 is 5.97 Å². The molecule has 0 spiro atoms. The van der Waals surface area contributed by atoms with Gasteiger partial charge in [-0.25, -0.2) is 4.79 Å². The molecule has 2 aromatic carbocycles. The Bertz CT molecular complexity index is 938. The second-order valence-corrected chi connectivity index (χ2v) is 7.07. The van der Waals surface area contributed by atoms with E-state index in [1.165, 1.54) is 25.0 Å². The number of nitrogens with zero attached hydrogens (tertiary/aromatic N) is 1. The summed E-state index contributed by atoms with van der Waals surface area (Å²) in [7, 11) is 0. The molecule has 2 amide bonds. The average molecular weight is 411 g/mol. The Hall–Kier alpha value is -3.55. The Balaban J connectivity index is 1.56. The van der Waals surface area contributed by atoms with E-state index in [9.17, 15) is 14.4 Å². The second-order valence-electron chi connectivity index (χ2n) is 7.07. The van der Waals surface area contributed by atoms with Crippen molar-refractivity contribution in [3.63, 3.8) is 0 Å². The Kier molecular flexibility index (Phi) is 6.90. The number of anilines is 2. The average Bonchev–Trinajstić information content (AvgIpc) is 3.27. The number of carbonyl (C=O) groups excluding carboxylic acids is 3. The van der Waals surface area contributed by atoms with Gasteiger partial charge in [-0.15, -0.1) is 0 Å². The van der Waals surface area contributed by atoms with Gasteiger partial charge in [0, 0.05) is 24.5 Å². The van der Waals surface area contributed by atoms with Crippen molar-refractivity contribution in [2.24, 2.45) is 5.73 Å². The minimum absolute atomic E-state index is 0.109. The Morgan fingerprint density at radius 2 is 1.80 bits per heavy atom. The predicted molar refractivity (Wildman–Crippen MR) is 113 cm³/mol. The van der Waals surface area contributed by atoms with E-state index in [2.05, 4.69) is 10.2 Å². The maximum Gasteiger partial charge on any atom is 0.342 e. The summed E-state index contributed by atoms with van der Waals surface area (Å²) in [5.74, 6) is -1.68. The Morgan fingerprint density at radius 3 is 2.50 bits per heavy atom. The summed E-state index contributed by atoms with van der Waals surface area (Å²) in [6.45, 7) is 3.21. The molecule has 0 saturated carbocycles. The first-order valence-electron chi connectivity index (χ1n) is 9.77. The molecule has 0 bridgehead atoms. The number of nitrogens with two attached hydrogens (primary N) is 1. The first kappa shape index (κ1) is 21.2. The number of carbonyl (C=O) groups is 3. The highest BCUT2D eigenvalue weighted by Crippen LogP contribution is 2.25. The number of aryl methyl sites for hydroxylation is 1. The summed E-state index contributed by atoms with van der Waals surface area (Å²) in [6, 6.07) is 12.2. The van der Waals surface area contributed by atoms with E-state index in [1.807, 2.05) is 25.1 Å². The first-order chi connectivity index (χ1) is 14.4. The van der Waals surface area contributed by atoms with Gasteiger partial charge in [0.25, 0.3) is 11.8 Å². The van der Waals surface area contributed by atoms with E-state index in [0.717, 1.165) is 24.3 Å². The third-order valence-electron chi connectivity index (χ3n) is 4.77. The fourth-order valence-electron chi connectivity index (χ4n) is 3.27. The number of para-hydroxylation sites is 1. The van der Waals surface area contributed by atoms with Crippen LogP contribution in [0.1, 0.15) is 28.8 Å². The number of benzene rings is 2. The molecule has 0 aliphatic carbocycles. The summed E-state index contributed by atoms with van der Waals surface area (Å²) in [6.07, 6.45) is 2.39. The van der Waals surface area contributed by atoms with E-state index in [1.54, 1.807) is 12.1 Å². The van der Waals surface area contributed by atoms with Gasteiger partial charge in [-0.2, -0.15) is 0 Å². The standard InChI is InChI=1S/C22H25N3O5/c1-15-12-16(25-10-4-5-11-25)8-9-18(15)24-21(27)14-30-22(28)17-6-2-3-7-19(17)29-13-20(23)26/h2-3,6-9,12H,4-5,10-11,13-14H2,1H3,(H2,23,26)(H,24,27). The molecule has 158 valence electrons. The lowest BCUT2D eigenvalue weighted by molar-refractivity contribution is -0.120. The summed E-state index contributed by atoms with van der Waals surface area (Å²) in [4.78, 5) is 37.8. The van der Waals surface area contributed by atoms with Crippen molar-refractivity contribution in [2.75, 3.05) is 36.5 Å². The molecule has 1 fully saturated rings. The zero-order valence-corrected chi connectivity index (χ0v) is 16.8. The SMILES string of the molecule is Cc1cc(N2CCCC2)ccc1NC(=O)COC(=O)c1ccccc1OCC(N)=O. The molecule has 1 saturated heterocycles. The lowest BCUT2D eigenvalue weighted by Crippen LogP contribution is -2.23. The van der Waals surface area contributed by atoms with Gasteiger partial charge in [0.15, 0.2) is 13.2 Å². The van der Waals surface area contributed by atoms with E-state index in [0.29, 0.717) is 5.69 Å². The van der Waals surface area contributed by atoms with Gasteiger partial charge in [-0.05, 0) is 55.7 Å². The van der Waals surface area contributed by atoms with Gasteiger partial charge in [0.2, 0.25) is 0 Å². The lowest BCUT2D eigenvalue weighted by Gasteiger charge is -2.19. The van der Waals surface area contributed by atoms with Crippen LogP contribution in [0, 0.1) is 6.92 Å². The molecule has 2 aromatic rings. The largest absolute Gasteiger partial charge is 0.483 e. The monoisotopic (exact) mass is 411 g/mol. The van der Waals surface area contributed by atoms with Crippen LogP contribution in [0.25, 0.3) is 0 Å². The minimum Gasteiger partial charge on any atom is -0.483 e. The smallest absolute Gasteiger partial charge is 0.342 e. The van der Waals surface area contributed by atoms with Crippen LogP contribution in [0.4, 0.5) is 11.4 Å². The van der Waals surface area contributed by atoms with Crippen LogP contribution < -0.4 is 20.7 Å². The number of hydrogen-bond acceptors (Lipinski definition) is 6. The topological polar surface area (TPSA) is 111 Å². The van der Waals surface area contributed by atoms with Crippen molar-refractivity contribution in [2.45, 2.75) is 19.8 Å². The summed E-state index contributed by atoms with van der Waals surface area (Å²) >= 11 is 0. The number of esters is 1.